The molecule has 0 bridgehead atoms. The predicted octanol–water partition coefficient (Wildman–Crippen LogP) is 1.17. The maximum atomic E-state index is 13.2. The molecule has 2 unspecified atom stereocenters. The van der Waals surface area contributed by atoms with Crippen molar-refractivity contribution < 1.29 is 18.4 Å². The minimum Gasteiger partial charge on any atom is -0.356 e. The second-order valence-corrected chi connectivity index (χ2v) is 6.81. The van der Waals surface area contributed by atoms with Crippen LogP contribution in [0, 0.1) is 11.8 Å². The number of carbonyl (C=O) groups excluding carboxylic acids is 2. The highest BCUT2D eigenvalue weighted by Crippen LogP contribution is 2.29. The molecule has 23 heavy (non-hydrogen) atoms. The molecule has 0 aromatic carbocycles. The summed E-state index contributed by atoms with van der Waals surface area (Å²) in [5, 5.41) is 5.54. The second kappa shape index (κ2) is 7.30. The zero-order valence-corrected chi connectivity index (χ0v) is 13.8. The summed E-state index contributed by atoms with van der Waals surface area (Å²) in [5.74, 6) is -2.70. The third-order valence-corrected chi connectivity index (χ3v) is 4.77. The molecule has 0 aromatic rings. The first-order valence-corrected chi connectivity index (χ1v) is 8.12. The number of hydrogen-bond donors (Lipinski definition) is 2. The van der Waals surface area contributed by atoms with Gasteiger partial charge in [0.15, 0.2) is 0 Å². The molecule has 2 aliphatic heterocycles. The molecule has 0 spiro atoms. The third-order valence-electron chi connectivity index (χ3n) is 4.77. The standard InChI is InChI=1S/C15H23F2N3O2.ClH/c16-15(17)6-12(19-9-15)14(22)20-5-1-2-11(8-20)13(21)18-7-10-3-4-10;/h10-12,19H,1-9H2,(H,18,21);1H. The largest absolute Gasteiger partial charge is 0.356 e. The second-order valence-electron chi connectivity index (χ2n) is 6.81. The highest BCUT2D eigenvalue weighted by atomic mass is 35.5. The molecule has 2 heterocycles. The lowest BCUT2D eigenvalue weighted by atomic mass is 9.96. The predicted molar refractivity (Wildman–Crippen MR) is 83.6 cm³/mol. The summed E-state index contributed by atoms with van der Waals surface area (Å²) in [5.41, 5.74) is 0. The van der Waals surface area contributed by atoms with E-state index in [0.29, 0.717) is 19.0 Å². The molecule has 5 nitrogen and oxygen atoms in total. The number of alkyl halides is 2. The van der Waals surface area contributed by atoms with E-state index in [1.807, 2.05) is 0 Å². The van der Waals surface area contributed by atoms with E-state index >= 15 is 0 Å². The van der Waals surface area contributed by atoms with Crippen LogP contribution in [0.5, 0.6) is 0 Å². The molecule has 3 aliphatic rings. The zero-order valence-electron chi connectivity index (χ0n) is 13.0. The van der Waals surface area contributed by atoms with Crippen molar-refractivity contribution in [3.8, 4) is 0 Å². The van der Waals surface area contributed by atoms with Gasteiger partial charge in [0.05, 0.1) is 18.5 Å². The van der Waals surface area contributed by atoms with E-state index in [1.165, 1.54) is 12.8 Å². The average molecular weight is 352 g/mol. The summed E-state index contributed by atoms with van der Waals surface area (Å²) < 4.78 is 26.4. The minimum absolute atomic E-state index is 0. The monoisotopic (exact) mass is 351 g/mol. The van der Waals surface area contributed by atoms with Gasteiger partial charge in [-0.3, -0.25) is 14.9 Å². The molecule has 2 amide bonds. The molecule has 2 N–H and O–H groups in total. The highest BCUT2D eigenvalue weighted by Gasteiger charge is 2.44. The number of rotatable bonds is 4. The molecule has 3 fully saturated rings. The topological polar surface area (TPSA) is 61.4 Å². The SMILES string of the molecule is Cl.O=C(NCC1CC1)C1CCCN(C(=O)C2CC(F)(F)CN2)C1. The van der Waals surface area contributed by atoms with Crippen LogP contribution in [0.15, 0.2) is 0 Å². The number of amides is 2. The summed E-state index contributed by atoms with van der Waals surface area (Å²) in [6.07, 6.45) is 3.42. The molecule has 0 radical (unpaired) electrons. The van der Waals surface area contributed by atoms with Gasteiger partial charge in [-0.05, 0) is 31.6 Å². The number of hydrogen-bond acceptors (Lipinski definition) is 3. The molecule has 3 rings (SSSR count). The first kappa shape index (κ1) is 18.4. The first-order valence-electron chi connectivity index (χ1n) is 8.12. The fraction of sp³-hybridized carbons (Fsp3) is 0.867. The number of carbonyl (C=O) groups is 2. The van der Waals surface area contributed by atoms with Gasteiger partial charge in [0.1, 0.15) is 0 Å². The maximum absolute atomic E-state index is 13.2. The van der Waals surface area contributed by atoms with Crippen molar-refractivity contribution in [2.75, 3.05) is 26.2 Å². The maximum Gasteiger partial charge on any atom is 0.262 e. The number of halogens is 3. The fourth-order valence-corrected chi connectivity index (χ4v) is 3.21. The molecule has 2 atom stereocenters. The van der Waals surface area contributed by atoms with Gasteiger partial charge in [-0.2, -0.15) is 0 Å². The normalized spacial score (nSPS) is 29.7. The summed E-state index contributed by atoms with van der Waals surface area (Å²) in [6.45, 7) is 1.18. The minimum atomic E-state index is -2.81. The molecule has 8 heteroatoms. The van der Waals surface area contributed by atoms with Crippen molar-refractivity contribution in [3.63, 3.8) is 0 Å². The van der Waals surface area contributed by atoms with Gasteiger partial charge < -0.3 is 10.2 Å². The van der Waals surface area contributed by atoms with Crippen LogP contribution in [0.3, 0.4) is 0 Å². The fourth-order valence-electron chi connectivity index (χ4n) is 3.21. The number of nitrogens with one attached hydrogen (secondary N) is 2. The molecule has 0 aromatic heterocycles. The van der Waals surface area contributed by atoms with Crippen LogP contribution in [-0.4, -0.2) is 54.9 Å². The highest BCUT2D eigenvalue weighted by molar-refractivity contribution is 5.85. The van der Waals surface area contributed by atoms with Gasteiger partial charge in [-0.1, -0.05) is 0 Å². The Morgan fingerprint density at radius 1 is 1.26 bits per heavy atom. The third kappa shape index (κ3) is 4.76. The molecule has 2 saturated heterocycles. The van der Waals surface area contributed by atoms with E-state index in [-0.39, 0.29) is 30.1 Å². The Hall–Kier alpha value is -0.950. The van der Waals surface area contributed by atoms with Crippen molar-refractivity contribution >= 4 is 24.2 Å². The van der Waals surface area contributed by atoms with Crippen LogP contribution in [-0.2, 0) is 9.59 Å². The van der Waals surface area contributed by atoms with Crippen LogP contribution in [0.25, 0.3) is 0 Å². The van der Waals surface area contributed by atoms with E-state index in [9.17, 15) is 18.4 Å². The van der Waals surface area contributed by atoms with Gasteiger partial charge in [-0.25, -0.2) is 8.78 Å². The summed E-state index contributed by atoms with van der Waals surface area (Å²) in [4.78, 5) is 26.0. The average Bonchev–Trinajstić information content (AvgIpc) is 3.26. The van der Waals surface area contributed by atoms with Crippen molar-refractivity contribution in [3.05, 3.63) is 0 Å². The van der Waals surface area contributed by atoms with Crippen molar-refractivity contribution in [1.29, 1.82) is 0 Å². The summed E-state index contributed by atoms with van der Waals surface area (Å²) >= 11 is 0. The van der Waals surface area contributed by atoms with Crippen molar-refractivity contribution in [2.45, 2.75) is 44.1 Å². The quantitative estimate of drug-likeness (QED) is 0.799. The van der Waals surface area contributed by atoms with E-state index in [2.05, 4.69) is 10.6 Å². The van der Waals surface area contributed by atoms with Gasteiger partial charge in [-0.15, -0.1) is 12.4 Å². The van der Waals surface area contributed by atoms with Gasteiger partial charge in [0.25, 0.3) is 5.92 Å². The lowest BCUT2D eigenvalue weighted by Gasteiger charge is -2.33. The number of nitrogens with zero attached hydrogens (tertiary/aromatic N) is 1. The Kier molecular flexibility index (Phi) is 5.84. The number of likely N-dealkylation sites (tertiary alicyclic amines) is 1. The van der Waals surface area contributed by atoms with Crippen molar-refractivity contribution in [2.24, 2.45) is 11.8 Å². The Bertz CT molecular complexity index is 460. The van der Waals surface area contributed by atoms with Crippen LogP contribution < -0.4 is 10.6 Å². The van der Waals surface area contributed by atoms with Crippen LogP contribution in [0.4, 0.5) is 8.78 Å². The van der Waals surface area contributed by atoms with Gasteiger partial charge in [0, 0.05) is 26.1 Å². The van der Waals surface area contributed by atoms with E-state index in [0.717, 1.165) is 19.4 Å². The lowest BCUT2D eigenvalue weighted by molar-refractivity contribution is -0.137. The van der Waals surface area contributed by atoms with E-state index < -0.39 is 24.9 Å². The Morgan fingerprint density at radius 3 is 2.61 bits per heavy atom. The summed E-state index contributed by atoms with van der Waals surface area (Å²) in [6, 6.07) is -0.816. The first-order chi connectivity index (χ1) is 10.4. The Morgan fingerprint density at radius 2 is 2.00 bits per heavy atom. The van der Waals surface area contributed by atoms with Crippen LogP contribution in [0.1, 0.15) is 32.1 Å². The van der Waals surface area contributed by atoms with Crippen LogP contribution in [0.2, 0.25) is 0 Å². The zero-order chi connectivity index (χ0) is 15.7. The molecular formula is C15H24ClF2N3O2. The number of piperidine rings is 1. The Balaban J connectivity index is 0.00000192. The van der Waals surface area contributed by atoms with Gasteiger partial charge >= 0.3 is 0 Å². The lowest BCUT2D eigenvalue weighted by Crippen LogP contribution is -2.50. The smallest absolute Gasteiger partial charge is 0.262 e. The Labute approximate surface area is 140 Å². The van der Waals surface area contributed by atoms with Gasteiger partial charge in [0.2, 0.25) is 11.8 Å². The summed E-state index contributed by atoms with van der Waals surface area (Å²) in [7, 11) is 0. The van der Waals surface area contributed by atoms with E-state index in [4.69, 9.17) is 0 Å². The molecule has 1 saturated carbocycles. The molecule has 1 aliphatic carbocycles. The van der Waals surface area contributed by atoms with Crippen LogP contribution >= 0.6 is 12.4 Å². The van der Waals surface area contributed by atoms with Crippen molar-refractivity contribution in [1.82, 2.24) is 15.5 Å². The molecule has 132 valence electrons. The van der Waals surface area contributed by atoms with E-state index in [1.54, 1.807) is 4.90 Å². The molecular weight excluding hydrogens is 328 g/mol.